The Balaban J connectivity index is 3.19. The molecule has 0 aromatic carbocycles. The molecule has 20 heavy (non-hydrogen) atoms. The van der Waals surface area contributed by atoms with Crippen LogP contribution in [0.3, 0.4) is 0 Å². The minimum absolute atomic E-state index is 0.201. The number of halogens is 3. The van der Waals surface area contributed by atoms with Gasteiger partial charge in [-0.05, 0) is 52.0 Å². The molecule has 1 aliphatic carbocycles. The first-order valence-electron chi connectivity index (χ1n) is 6.00. The Morgan fingerprint density at radius 2 is 1.75 bits per heavy atom. The molecule has 1 atom stereocenters. The number of ketones is 1. The van der Waals surface area contributed by atoms with Gasteiger partial charge in [-0.25, -0.2) is 0 Å². The van der Waals surface area contributed by atoms with E-state index in [1.165, 1.54) is 6.92 Å². The molecule has 1 aliphatic rings. The van der Waals surface area contributed by atoms with E-state index in [0.29, 0.717) is 5.57 Å². The number of ether oxygens (including phenoxy) is 1. The molecule has 3 nitrogen and oxygen atoms in total. The summed E-state index contributed by atoms with van der Waals surface area (Å²) in [4.78, 5) is 24.3. The zero-order chi connectivity index (χ0) is 15.9. The number of carbonyl (C=O) groups excluding carboxylic acids is 2. The van der Waals surface area contributed by atoms with Crippen molar-refractivity contribution in [3.05, 3.63) is 11.1 Å². The second-order valence-corrected chi connectivity index (χ2v) is 7.15. The molecule has 7 heteroatoms. The first-order valence-corrected chi connectivity index (χ1v) is 6.82. The second-order valence-electron chi connectivity index (χ2n) is 5.79. The molecular weight excluding hydrogens is 293 g/mol. The predicted octanol–water partition coefficient (Wildman–Crippen LogP) is 3.63. The Morgan fingerprint density at radius 3 is 2.05 bits per heavy atom. The van der Waals surface area contributed by atoms with Gasteiger partial charge >= 0.3 is 11.5 Å². The van der Waals surface area contributed by atoms with Gasteiger partial charge in [-0.1, -0.05) is 5.57 Å². The fourth-order valence-corrected chi connectivity index (χ4v) is 2.98. The second kappa shape index (κ2) is 5.09. The van der Waals surface area contributed by atoms with Crippen LogP contribution in [0.5, 0.6) is 0 Å². The lowest BCUT2D eigenvalue weighted by Gasteiger charge is -2.30. The highest BCUT2D eigenvalue weighted by Gasteiger charge is 2.59. The molecule has 0 heterocycles. The van der Waals surface area contributed by atoms with Crippen molar-refractivity contribution in [2.45, 2.75) is 56.9 Å². The quantitative estimate of drug-likeness (QED) is 0.577. The average Bonchev–Trinajstić information content (AvgIpc) is 2.39. The van der Waals surface area contributed by atoms with E-state index in [1.807, 2.05) is 0 Å². The SMILES string of the molecule is CC1=C(C)C(=O)[C@@](SC(F)(F)F)(C(=O)OC(C)(C)C)C1. The number of carbonyl (C=O) groups is 2. The molecule has 0 amide bonds. The van der Waals surface area contributed by atoms with Crippen molar-refractivity contribution in [3.8, 4) is 0 Å². The molecule has 0 unspecified atom stereocenters. The van der Waals surface area contributed by atoms with Gasteiger partial charge < -0.3 is 4.74 Å². The van der Waals surface area contributed by atoms with Crippen LogP contribution in [-0.2, 0) is 14.3 Å². The zero-order valence-electron chi connectivity index (χ0n) is 12.0. The number of thioether (sulfide) groups is 1. The van der Waals surface area contributed by atoms with E-state index in [2.05, 4.69) is 0 Å². The molecule has 0 saturated heterocycles. The van der Waals surface area contributed by atoms with Gasteiger partial charge in [-0.3, -0.25) is 9.59 Å². The van der Waals surface area contributed by atoms with Crippen molar-refractivity contribution in [2.75, 3.05) is 0 Å². The normalized spacial score (nSPS) is 24.3. The van der Waals surface area contributed by atoms with Gasteiger partial charge in [0, 0.05) is 6.42 Å². The van der Waals surface area contributed by atoms with Crippen molar-refractivity contribution in [2.24, 2.45) is 0 Å². The van der Waals surface area contributed by atoms with Crippen LogP contribution < -0.4 is 0 Å². The number of esters is 1. The lowest BCUT2D eigenvalue weighted by Crippen LogP contribution is -2.46. The Bertz CT molecular complexity index is 474. The molecule has 114 valence electrons. The summed E-state index contributed by atoms with van der Waals surface area (Å²) in [5.74, 6) is -1.94. The van der Waals surface area contributed by atoms with Gasteiger partial charge in [-0.2, -0.15) is 13.2 Å². The van der Waals surface area contributed by atoms with Gasteiger partial charge in [0.25, 0.3) is 0 Å². The molecule has 0 aromatic rings. The van der Waals surface area contributed by atoms with Gasteiger partial charge in [0.2, 0.25) is 0 Å². The summed E-state index contributed by atoms with van der Waals surface area (Å²) in [6.07, 6.45) is -0.267. The smallest absolute Gasteiger partial charge is 0.443 e. The number of hydrogen-bond acceptors (Lipinski definition) is 4. The van der Waals surface area contributed by atoms with E-state index in [1.54, 1.807) is 27.7 Å². The summed E-state index contributed by atoms with van der Waals surface area (Å²) >= 11 is -0.590. The third-order valence-electron chi connectivity index (χ3n) is 2.88. The molecule has 0 saturated carbocycles. The van der Waals surface area contributed by atoms with Crippen LogP contribution in [-0.4, -0.2) is 27.6 Å². The molecule has 0 fully saturated rings. The van der Waals surface area contributed by atoms with Crippen molar-refractivity contribution in [3.63, 3.8) is 0 Å². The molecule has 0 bridgehead atoms. The van der Waals surface area contributed by atoms with Crippen molar-refractivity contribution >= 4 is 23.5 Å². The van der Waals surface area contributed by atoms with E-state index >= 15 is 0 Å². The maximum absolute atomic E-state index is 12.8. The first kappa shape index (κ1) is 17.1. The number of allylic oxidation sites excluding steroid dienone is 2. The molecule has 0 N–H and O–H groups in total. The third kappa shape index (κ3) is 3.56. The van der Waals surface area contributed by atoms with Crippen LogP contribution in [0.4, 0.5) is 13.2 Å². The van der Waals surface area contributed by atoms with Gasteiger partial charge in [0.1, 0.15) is 5.60 Å². The van der Waals surface area contributed by atoms with Gasteiger partial charge in [0.15, 0.2) is 10.5 Å². The molecule has 1 rings (SSSR count). The summed E-state index contributed by atoms with van der Waals surface area (Å²) in [6, 6.07) is 0. The molecular formula is C13H17F3O3S. The van der Waals surface area contributed by atoms with Crippen LogP contribution in [0, 0.1) is 0 Å². The Kier molecular flexibility index (Phi) is 4.35. The Labute approximate surface area is 119 Å². The van der Waals surface area contributed by atoms with Crippen LogP contribution in [0.15, 0.2) is 11.1 Å². The molecule has 0 aromatic heterocycles. The largest absolute Gasteiger partial charge is 0.459 e. The van der Waals surface area contributed by atoms with Crippen LogP contribution in [0.1, 0.15) is 41.0 Å². The van der Waals surface area contributed by atoms with Gasteiger partial charge in [0.05, 0.1) is 0 Å². The van der Waals surface area contributed by atoms with E-state index < -0.39 is 39.4 Å². The molecule has 0 radical (unpaired) electrons. The fourth-order valence-electron chi connectivity index (χ4n) is 1.93. The van der Waals surface area contributed by atoms with Crippen LogP contribution in [0.25, 0.3) is 0 Å². The monoisotopic (exact) mass is 310 g/mol. The van der Waals surface area contributed by atoms with Crippen LogP contribution in [0.2, 0.25) is 0 Å². The minimum Gasteiger partial charge on any atom is -0.459 e. The topological polar surface area (TPSA) is 43.4 Å². The first-order chi connectivity index (χ1) is 8.78. The lowest BCUT2D eigenvalue weighted by molar-refractivity contribution is -0.159. The number of Topliss-reactive ketones (excluding diaryl/α,β-unsaturated/α-hetero) is 1. The standard InChI is InChI=1S/C13H17F3O3S/c1-7-6-12(9(17)8(7)2,20-13(14,15)16)10(18)19-11(3,4)5/h6H2,1-5H3/t12-/m1/s1. The number of alkyl halides is 3. The Hall–Kier alpha value is -0.980. The molecule has 0 aliphatic heterocycles. The lowest BCUT2D eigenvalue weighted by atomic mass is 10.0. The minimum atomic E-state index is -4.70. The number of rotatable bonds is 2. The van der Waals surface area contributed by atoms with E-state index in [0.717, 1.165) is 0 Å². The van der Waals surface area contributed by atoms with Crippen molar-refractivity contribution in [1.82, 2.24) is 0 Å². The maximum Gasteiger partial charge on any atom is 0.443 e. The summed E-state index contributed by atoms with van der Waals surface area (Å²) in [7, 11) is 0. The van der Waals surface area contributed by atoms with E-state index in [4.69, 9.17) is 4.74 Å². The highest BCUT2D eigenvalue weighted by atomic mass is 32.2. The predicted molar refractivity (Wildman–Crippen MR) is 70.2 cm³/mol. The Morgan fingerprint density at radius 1 is 1.25 bits per heavy atom. The zero-order valence-corrected chi connectivity index (χ0v) is 12.8. The average molecular weight is 310 g/mol. The summed E-state index contributed by atoms with van der Waals surface area (Å²) in [5.41, 5.74) is -4.97. The highest BCUT2D eigenvalue weighted by Crippen LogP contribution is 2.50. The van der Waals surface area contributed by atoms with Crippen LogP contribution >= 0.6 is 11.8 Å². The maximum atomic E-state index is 12.8. The van der Waals surface area contributed by atoms with E-state index in [9.17, 15) is 22.8 Å². The summed E-state index contributed by atoms with van der Waals surface area (Å²) in [6.45, 7) is 7.62. The highest BCUT2D eigenvalue weighted by molar-refractivity contribution is 8.03. The van der Waals surface area contributed by atoms with Gasteiger partial charge in [-0.15, -0.1) is 0 Å². The van der Waals surface area contributed by atoms with Crippen molar-refractivity contribution in [1.29, 1.82) is 0 Å². The molecule has 0 spiro atoms. The van der Waals surface area contributed by atoms with Crippen molar-refractivity contribution < 1.29 is 27.5 Å². The summed E-state index contributed by atoms with van der Waals surface area (Å²) < 4.78 is 41.1. The number of hydrogen-bond donors (Lipinski definition) is 0. The third-order valence-corrected chi connectivity index (χ3v) is 3.96. The van der Waals surface area contributed by atoms with E-state index in [-0.39, 0.29) is 12.0 Å². The fraction of sp³-hybridized carbons (Fsp3) is 0.692. The summed E-state index contributed by atoms with van der Waals surface area (Å²) in [5, 5.41) is 0.